The Morgan fingerprint density at radius 3 is 2.40 bits per heavy atom. The van der Waals surface area contributed by atoms with Crippen LogP contribution in [0.4, 0.5) is 5.69 Å². The fourth-order valence-corrected chi connectivity index (χ4v) is 6.14. The summed E-state index contributed by atoms with van der Waals surface area (Å²) in [7, 11) is 3.27. The van der Waals surface area contributed by atoms with E-state index in [1.54, 1.807) is 14.2 Å². The number of anilines is 1. The SMILES string of the molecule is CCCCOc1ccc([C@H]2CC(=O)C3=C(C2)c2c(ccc4ccccc24)N[C@@H]3c2ccc(OC)c(OC)c2)cc1. The molecule has 0 bridgehead atoms. The van der Waals surface area contributed by atoms with Crippen LogP contribution in [0.25, 0.3) is 16.3 Å². The van der Waals surface area contributed by atoms with Gasteiger partial charge in [-0.2, -0.15) is 0 Å². The lowest BCUT2D eigenvalue weighted by Crippen LogP contribution is -2.29. The van der Waals surface area contributed by atoms with Crippen LogP contribution in [-0.2, 0) is 4.79 Å². The maximum absolute atomic E-state index is 14.1. The number of hydrogen-bond acceptors (Lipinski definition) is 5. The monoisotopic (exact) mass is 533 g/mol. The van der Waals surface area contributed by atoms with Gasteiger partial charge in [0.1, 0.15) is 5.75 Å². The summed E-state index contributed by atoms with van der Waals surface area (Å²) in [5.41, 5.74) is 6.32. The molecule has 2 atom stereocenters. The predicted octanol–water partition coefficient (Wildman–Crippen LogP) is 8.10. The zero-order chi connectivity index (χ0) is 27.6. The van der Waals surface area contributed by atoms with Gasteiger partial charge in [0.25, 0.3) is 0 Å². The largest absolute Gasteiger partial charge is 0.494 e. The summed E-state index contributed by atoms with van der Waals surface area (Å²) in [4.78, 5) is 14.1. The van der Waals surface area contributed by atoms with Crippen LogP contribution in [0.15, 0.2) is 84.4 Å². The topological polar surface area (TPSA) is 56.8 Å². The molecule has 4 aromatic rings. The molecule has 0 saturated carbocycles. The van der Waals surface area contributed by atoms with Crippen molar-refractivity contribution in [3.63, 3.8) is 0 Å². The summed E-state index contributed by atoms with van der Waals surface area (Å²) in [6.07, 6.45) is 3.41. The first-order valence-corrected chi connectivity index (χ1v) is 14.1. The van der Waals surface area contributed by atoms with E-state index in [1.165, 1.54) is 16.3 Å². The number of ketones is 1. The predicted molar refractivity (Wildman–Crippen MR) is 161 cm³/mol. The molecule has 204 valence electrons. The van der Waals surface area contributed by atoms with Gasteiger partial charge in [-0.1, -0.05) is 61.9 Å². The molecule has 1 N–H and O–H groups in total. The summed E-state index contributed by atoms with van der Waals surface area (Å²) in [5.74, 6) is 2.48. The van der Waals surface area contributed by atoms with Crippen LogP contribution >= 0.6 is 0 Å². The van der Waals surface area contributed by atoms with Crippen LogP contribution in [0.1, 0.15) is 61.3 Å². The van der Waals surface area contributed by atoms with Crippen LogP contribution in [0.2, 0.25) is 0 Å². The van der Waals surface area contributed by atoms with E-state index in [-0.39, 0.29) is 17.7 Å². The maximum atomic E-state index is 14.1. The van der Waals surface area contributed by atoms with Gasteiger partial charge in [-0.3, -0.25) is 4.79 Å². The molecule has 0 fully saturated rings. The molecule has 4 aromatic carbocycles. The molecule has 0 amide bonds. The number of Topliss-reactive ketones (excluding diaryl/α,β-unsaturated/α-hetero) is 1. The number of ether oxygens (including phenoxy) is 3. The summed E-state index contributed by atoms with van der Waals surface area (Å²) < 4.78 is 17.0. The number of rotatable bonds is 8. The summed E-state index contributed by atoms with van der Waals surface area (Å²) in [6.45, 7) is 2.88. The summed E-state index contributed by atoms with van der Waals surface area (Å²) in [6, 6.07) is 26.7. The molecule has 2 aliphatic rings. The molecule has 1 aliphatic heterocycles. The highest BCUT2D eigenvalue weighted by Crippen LogP contribution is 2.51. The molecule has 5 nitrogen and oxygen atoms in total. The molecular weight excluding hydrogens is 498 g/mol. The number of carbonyl (C=O) groups is 1. The van der Waals surface area contributed by atoms with Gasteiger partial charge in [-0.25, -0.2) is 0 Å². The third kappa shape index (κ3) is 4.70. The Morgan fingerprint density at radius 2 is 1.62 bits per heavy atom. The average molecular weight is 534 g/mol. The Morgan fingerprint density at radius 1 is 0.850 bits per heavy atom. The van der Waals surface area contributed by atoms with E-state index in [2.05, 4.69) is 60.8 Å². The van der Waals surface area contributed by atoms with E-state index >= 15 is 0 Å². The Kier molecular flexibility index (Phi) is 7.21. The fraction of sp³-hybridized carbons (Fsp3) is 0.286. The maximum Gasteiger partial charge on any atom is 0.162 e. The molecular formula is C35H35NO4. The average Bonchev–Trinajstić information content (AvgIpc) is 3.00. The molecule has 0 radical (unpaired) electrons. The van der Waals surface area contributed by atoms with Crippen molar-refractivity contribution in [2.24, 2.45) is 0 Å². The molecule has 1 aliphatic carbocycles. The lowest BCUT2D eigenvalue weighted by molar-refractivity contribution is -0.116. The van der Waals surface area contributed by atoms with Crippen LogP contribution in [-0.4, -0.2) is 26.6 Å². The van der Waals surface area contributed by atoms with Gasteiger partial charge in [-0.15, -0.1) is 0 Å². The molecule has 1 heterocycles. The quantitative estimate of drug-likeness (QED) is 0.232. The number of benzene rings is 4. The third-order valence-electron chi connectivity index (χ3n) is 8.19. The minimum atomic E-state index is -0.272. The molecule has 0 unspecified atom stereocenters. The summed E-state index contributed by atoms with van der Waals surface area (Å²) >= 11 is 0. The van der Waals surface area contributed by atoms with Gasteiger partial charge >= 0.3 is 0 Å². The first kappa shape index (κ1) is 26.0. The standard InChI is InChI=1S/C35H35NO4/c1-4-5-18-40-26-14-10-22(11-15-26)25-19-28-33-27-9-7-6-8-23(27)12-16-29(33)36-35(34(28)30(37)20-25)24-13-17-31(38-2)32(21-24)39-3/h6-17,21,25,35-36H,4-5,18-20H2,1-3H3/t25-,35-/m1/s1. The van der Waals surface area contributed by atoms with Gasteiger partial charge in [0.05, 0.1) is 26.9 Å². The molecule has 0 saturated heterocycles. The van der Waals surface area contributed by atoms with E-state index in [4.69, 9.17) is 14.2 Å². The zero-order valence-electron chi connectivity index (χ0n) is 23.3. The van der Waals surface area contributed by atoms with Gasteiger partial charge in [-0.05, 0) is 76.6 Å². The van der Waals surface area contributed by atoms with E-state index in [1.807, 2.05) is 30.3 Å². The minimum absolute atomic E-state index is 0.104. The Bertz CT molecular complexity index is 1590. The van der Waals surface area contributed by atoms with Crippen molar-refractivity contribution in [2.45, 2.75) is 44.6 Å². The second kappa shape index (κ2) is 11.1. The number of methoxy groups -OCH3 is 2. The number of nitrogens with one attached hydrogen (secondary N) is 1. The van der Waals surface area contributed by atoms with Crippen molar-refractivity contribution in [1.29, 1.82) is 0 Å². The highest BCUT2D eigenvalue weighted by molar-refractivity contribution is 6.13. The van der Waals surface area contributed by atoms with Crippen molar-refractivity contribution >= 4 is 27.8 Å². The highest BCUT2D eigenvalue weighted by Gasteiger charge is 2.38. The van der Waals surface area contributed by atoms with E-state index < -0.39 is 0 Å². The molecule has 40 heavy (non-hydrogen) atoms. The number of allylic oxidation sites excluding steroid dienone is 1. The smallest absolute Gasteiger partial charge is 0.162 e. The van der Waals surface area contributed by atoms with Gasteiger partial charge in [0.2, 0.25) is 0 Å². The van der Waals surface area contributed by atoms with Crippen molar-refractivity contribution in [1.82, 2.24) is 0 Å². The van der Waals surface area contributed by atoms with Gasteiger partial charge in [0, 0.05) is 23.2 Å². The van der Waals surface area contributed by atoms with Crippen molar-refractivity contribution in [3.05, 3.63) is 101 Å². The number of fused-ring (bicyclic) bond motifs is 4. The lowest BCUT2D eigenvalue weighted by atomic mass is 9.71. The van der Waals surface area contributed by atoms with Crippen molar-refractivity contribution < 1.29 is 19.0 Å². The molecule has 0 spiro atoms. The first-order chi connectivity index (χ1) is 19.6. The Labute approximate surface area is 235 Å². The van der Waals surface area contributed by atoms with Crippen molar-refractivity contribution in [2.75, 3.05) is 26.1 Å². The van der Waals surface area contributed by atoms with Crippen molar-refractivity contribution in [3.8, 4) is 17.2 Å². The van der Waals surface area contributed by atoms with Gasteiger partial charge < -0.3 is 19.5 Å². The second-order valence-corrected chi connectivity index (χ2v) is 10.6. The van der Waals surface area contributed by atoms with E-state index in [0.29, 0.717) is 17.9 Å². The van der Waals surface area contributed by atoms with Crippen LogP contribution in [0.5, 0.6) is 17.2 Å². The van der Waals surface area contributed by atoms with E-state index in [0.717, 1.165) is 59.6 Å². The van der Waals surface area contributed by atoms with Crippen LogP contribution in [0.3, 0.4) is 0 Å². The van der Waals surface area contributed by atoms with Crippen LogP contribution < -0.4 is 19.5 Å². The molecule has 5 heteroatoms. The Balaban J connectivity index is 1.44. The normalized spacial score (nSPS) is 18.1. The zero-order valence-corrected chi connectivity index (χ0v) is 23.3. The minimum Gasteiger partial charge on any atom is -0.494 e. The van der Waals surface area contributed by atoms with Gasteiger partial charge in [0.15, 0.2) is 17.3 Å². The Hall–Kier alpha value is -4.25. The molecule has 0 aromatic heterocycles. The lowest BCUT2D eigenvalue weighted by Gasteiger charge is -2.37. The van der Waals surface area contributed by atoms with E-state index in [9.17, 15) is 4.79 Å². The number of unbranched alkanes of at least 4 members (excludes halogenated alkanes) is 1. The summed E-state index contributed by atoms with van der Waals surface area (Å²) in [5, 5.41) is 6.05. The number of hydrogen-bond donors (Lipinski definition) is 1. The first-order valence-electron chi connectivity index (χ1n) is 14.1. The van der Waals surface area contributed by atoms with Crippen LogP contribution in [0, 0.1) is 0 Å². The molecule has 6 rings (SSSR count). The number of carbonyl (C=O) groups excluding carboxylic acids is 1. The highest BCUT2D eigenvalue weighted by atomic mass is 16.5. The second-order valence-electron chi connectivity index (χ2n) is 10.6. The fourth-order valence-electron chi connectivity index (χ4n) is 6.14. The third-order valence-corrected chi connectivity index (χ3v) is 8.19.